The van der Waals surface area contributed by atoms with E-state index in [-0.39, 0.29) is 18.4 Å². The number of carboxylic acids is 1. The molecule has 18 heavy (non-hydrogen) atoms. The van der Waals surface area contributed by atoms with Crippen LogP contribution in [0.25, 0.3) is 0 Å². The van der Waals surface area contributed by atoms with Crippen LogP contribution in [-0.4, -0.2) is 39.5 Å². The number of hydrogen-bond acceptors (Lipinski definition) is 3. The first-order valence-corrected chi connectivity index (χ1v) is 6.52. The van der Waals surface area contributed by atoms with Crippen LogP contribution in [0.15, 0.2) is 22.9 Å². The molecule has 0 aliphatic carbocycles. The van der Waals surface area contributed by atoms with Gasteiger partial charge in [0.1, 0.15) is 4.60 Å². The number of carbonyl (C=O) groups excluding carboxylic acids is 1. The summed E-state index contributed by atoms with van der Waals surface area (Å²) in [5, 5.41) is 8.84. The molecule has 1 fully saturated rings. The molecule has 0 bridgehead atoms. The fraction of sp³-hybridized carbons (Fsp3) is 0.417. The molecule has 0 aromatic carbocycles. The minimum absolute atomic E-state index is 0.00359. The van der Waals surface area contributed by atoms with Crippen LogP contribution in [0.1, 0.15) is 29.6 Å². The molecule has 0 spiro atoms. The molecule has 1 saturated heterocycles. The third-order valence-corrected chi connectivity index (χ3v) is 3.67. The number of rotatable bonds is 3. The molecule has 1 aromatic rings. The Morgan fingerprint density at radius 2 is 2.33 bits per heavy atom. The SMILES string of the molecule is O=C(O)CC1CCCN1C(=O)c1cccnc1Br. The molecule has 0 radical (unpaired) electrons. The molecule has 5 nitrogen and oxygen atoms in total. The van der Waals surface area contributed by atoms with Gasteiger partial charge in [0.15, 0.2) is 0 Å². The van der Waals surface area contributed by atoms with Crippen molar-refractivity contribution in [1.29, 1.82) is 0 Å². The highest BCUT2D eigenvalue weighted by atomic mass is 79.9. The summed E-state index contributed by atoms with van der Waals surface area (Å²) in [5.41, 5.74) is 0.481. The molecule has 1 unspecified atom stereocenters. The smallest absolute Gasteiger partial charge is 0.305 e. The lowest BCUT2D eigenvalue weighted by molar-refractivity contribution is -0.137. The molecule has 1 N–H and O–H groups in total. The van der Waals surface area contributed by atoms with Crippen LogP contribution in [0.2, 0.25) is 0 Å². The van der Waals surface area contributed by atoms with Gasteiger partial charge in [0.05, 0.1) is 12.0 Å². The Labute approximate surface area is 113 Å². The van der Waals surface area contributed by atoms with Crippen molar-refractivity contribution in [3.8, 4) is 0 Å². The topological polar surface area (TPSA) is 70.5 Å². The highest BCUT2D eigenvalue weighted by Crippen LogP contribution is 2.24. The van der Waals surface area contributed by atoms with Crippen LogP contribution in [0.4, 0.5) is 0 Å². The molecule has 1 amide bonds. The number of halogens is 1. The summed E-state index contributed by atoms with van der Waals surface area (Å²) in [6.45, 7) is 0.609. The summed E-state index contributed by atoms with van der Waals surface area (Å²) in [6, 6.07) is 3.18. The van der Waals surface area contributed by atoms with E-state index in [1.54, 1.807) is 23.2 Å². The van der Waals surface area contributed by atoms with E-state index in [4.69, 9.17) is 5.11 Å². The minimum Gasteiger partial charge on any atom is -0.481 e. The van der Waals surface area contributed by atoms with E-state index in [1.807, 2.05) is 0 Å². The van der Waals surface area contributed by atoms with Gasteiger partial charge >= 0.3 is 5.97 Å². The minimum atomic E-state index is -0.870. The molecule has 96 valence electrons. The molecule has 1 atom stereocenters. The molecule has 2 rings (SSSR count). The number of hydrogen-bond donors (Lipinski definition) is 1. The summed E-state index contributed by atoms with van der Waals surface area (Å²) < 4.78 is 0.496. The maximum absolute atomic E-state index is 12.3. The van der Waals surface area contributed by atoms with Crippen molar-refractivity contribution in [2.75, 3.05) is 6.54 Å². The van der Waals surface area contributed by atoms with E-state index in [1.165, 1.54) is 0 Å². The second kappa shape index (κ2) is 5.48. The van der Waals surface area contributed by atoms with Crippen LogP contribution in [-0.2, 0) is 4.79 Å². The monoisotopic (exact) mass is 312 g/mol. The van der Waals surface area contributed by atoms with Crippen molar-refractivity contribution in [2.45, 2.75) is 25.3 Å². The van der Waals surface area contributed by atoms with Gasteiger partial charge in [0.2, 0.25) is 0 Å². The van der Waals surface area contributed by atoms with Crippen LogP contribution in [0.3, 0.4) is 0 Å². The van der Waals surface area contributed by atoms with E-state index in [2.05, 4.69) is 20.9 Å². The zero-order valence-corrected chi connectivity index (χ0v) is 11.3. The molecule has 2 heterocycles. The second-order valence-corrected chi connectivity index (χ2v) is 4.99. The normalized spacial score (nSPS) is 18.9. The summed E-state index contributed by atoms with van der Waals surface area (Å²) in [7, 11) is 0. The number of carbonyl (C=O) groups is 2. The number of aromatic nitrogens is 1. The molecule has 0 saturated carbocycles. The summed E-state index contributed by atoms with van der Waals surface area (Å²) in [4.78, 5) is 28.7. The first-order valence-electron chi connectivity index (χ1n) is 5.73. The van der Waals surface area contributed by atoms with E-state index in [0.717, 1.165) is 12.8 Å². The number of pyridine rings is 1. The first-order chi connectivity index (χ1) is 8.59. The van der Waals surface area contributed by atoms with Crippen molar-refractivity contribution >= 4 is 27.8 Å². The fourth-order valence-electron chi connectivity index (χ4n) is 2.22. The Morgan fingerprint density at radius 1 is 1.56 bits per heavy atom. The largest absolute Gasteiger partial charge is 0.481 e. The van der Waals surface area contributed by atoms with Crippen molar-refractivity contribution in [2.24, 2.45) is 0 Å². The number of carboxylic acid groups (broad SMARTS) is 1. The van der Waals surface area contributed by atoms with Gasteiger partial charge in [-0.2, -0.15) is 0 Å². The Bertz CT molecular complexity index is 478. The maximum atomic E-state index is 12.3. The van der Waals surface area contributed by atoms with Crippen molar-refractivity contribution in [1.82, 2.24) is 9.88 Å². The standard InChI is InChI=1S/C12H13BrN2O3/c13-11-9(4-1-5-14-11)12(18)15-6-2-3-8(15)7-10(16)17/h1,4-5,8H,2-3,6-7H2,(H,16,17). The molecule has 6 heteroatoms. The van der Waals surface area contributed by atoms with Crippen molar-refractivity contribution in [3.05, 3.63) is 28.5 Å². The fourth-order valence-corrected chi connectivity index (χ4v) is 2.64. The lowest BCUT2D eigenvalue weighted by Gasteiger charge is -2.23. The van der Waals surface area contributed by atoms with E-state index in [0.29, 0.717) is 16.7 Å². The number of likely N-dealkylation sites (tertiary alicyclic amines) is 1. The van der Waals surface area contributed by atoms with Gasteiger partial charge in [0, 0.05) is 18.8 Å². The highest BCUT2D eigenvalue weighted by molar-refractivity contribution is 9.10. The first kappa shape index (κ1) is 13.0. The average Bonchev–Trinajstić information content (AvgIpc) is 2.76. The lowest BCUT2D eigenvalue weighted by Crippen LogP contribution is -2.37. The zero-order valence-electron chi connectivity index (χ0n) is 9.67. The van der Waals surface area contributed by atoms with E-state index < -0.39 is 5.97 Å². The maximum Gasteiger partial charge on any atom is 0.305 e. The van der Waals surface area contributed by atoms with Crippen LogP contribution in [0.5, 0.6) is 0 Å². The Hall–Kier alpha value is -1.43. The van der Waals surface area contributed by atoms with Crippen LogP contribution >= 0.6 is 15.9 Å². The Kier molecular flexibility index (Phi) is 3.96. The van der Waals surface area contributed by atoms with E-state index >= 15 is 0 Å². The quantitative estimate of drug-likeness (QED) is 0.866. The van der Waals surface area contributed by atoms with Gasteiger partial charge in [-0.1, -0.05) is 0 Å². The van der Waals surface area contributed by atoms with Gasteiger partial charge in [-0.15, -0.1) is 0 Å². The number of aliphatic carboxylic acids is 1. The molecular weight excluding hydrogens is 300 g/mol. The van der Waals surface area contributed by atoms with Crippen LogP contribution < -0.4 is 0 Å². The number of nitrogens with zero attached hydrogens (tertiary/aromatic N) is 2. The predicted octanol–water partition coefficient (Wildman–Crippen LogP) is 1.92. The van der Waals surface area contributed by atoms with E-state index in [9.17, 15) is 9.59 Å². The van der Waals surface area contributed by atoms with Gasteiger partial charge in [-0.05, 0) is 40.9 Å². The van der Waals surface area contributed by atoms with Crippen LogP contribution in [0, 0.1) is 0 Å². The molecule has 1 aliphatic heterocycles. The highest BCUT2D eigenvalue weighted by Gasteiger charge is 2.31. The predicted molar refractivity (Wildman–Crippen MR) is 68.2 cm³/mol. The van der Waals surface area contributed by atoms with Gasteiger partial charge in [-0.25, -0.2) is 4.98 Å². The van der Waals surface area contributed by atoms with Crippen molar-refractivity contribution in [3.63, 3.8) is 0 Å². The summed E-state index contributed by atoms with van der Waals surface area (Å²) in [5.74, 6) is -1.02. The average molecular weight is 313 g/mol. The molecular formula is C12H13BrN2O3. The third-order valence-electron chi connectivity index (χ3n) is 3.04. The zero-order chi connectivity index (χ0) is 13.1. The van der Waals surface area contributed by atoms with Crippen molar-refractivity contribution < 1.29 is 14.7 Å². The molecule has 1 aromatic heterocycles. The second-order valence-electron chi connectivity index (χ2n) is 4.23. The summed E-state index contributed by atoms with van der Waals surface area (Å²) in [6.07, 6.45) is 3.20. The molecule has 1 aliphatic rings. The third kappa shape index (κ3) is 2.69. The van der Waals surface area contributed by atoms with Gasteiger partial charge in [-0.3, -0.25) is 9.59 Å². The van der Waals surface area contributed by atoms with Gasteiger partial charge in [0.25, 0.3) is 5.91 Å². The Balaban J connectivity index is 2.18. The Morgan fingerprint density at radius 3 is 3.00 bits per heavy atom. The summed E-state index contributed by atoms with van der Waals surface area (Å²) >= 11 is 3.24. The lowest BCUT2D eigenvalue weighted by atomic mass is 10.1. The van der Waals surface area contributed by atoms with Gasteiger partial charge < -0.3 is 10.0 Å². The number of amides is 1.